The maximum atomic E-state index is 13.9. The van der Waals surface area contributed by atoms with Gasteiger partial charge in [0.1, 0.15) is 0 Å². The molecule has 0 bridgehead atoms. The number of benzene rings is 1. The monoisotopic (exact) mass is 306 g/mol. The first-order valence-electron chi connectivity index (χ1n) is 4.98. The molecule has 0 spiro atoms. The topological polar surface area (TPSA) is 34.1 Å². The van der Waals surface area contributed by atoms with Gasteiger partial charge in [0.2, 0.25) is 0 Å². The van der Waals surface area contributed by atoms with E-state index < -0.39 is 5.82 Å². The van der Waals surface area contributed by atoms with Crippen molar-refractivity contribution in [3.8, 4) is 5.75 Å². The predicted octanol–water partition coefficient (Wildman–Crippen LogP) is 4.21. The fourth-order valence-electron chi connectivity index (χ4n) is 1.39. The summed E-state index contributed by atoms with van der Waals surface area (Å²) in [7, 11) is 1.40. The summed E-state index contributed by atoms with van der Waals surface area (Å²) in [5, 5.41) is 3.21. The van der Waals surface area contributed by atoms with Crippen molar-refractivity contribution in [1.29, 1.82) is 0 Å². The maximum Gasteiger partial charge on any atom is 0.189 e. The molecule has 1 aromatic carbocycles. The van der Waals surface area contributed by atoms with E-state index in [1.165, 1.54) is 24.5 Å². The fraction of sp³-hybridized carbons (Fsp3) is 0.182. The minimum absolute atomic E-state index is 0.143. The molecule has 0 saturated heterocycles. The molecule has 96 valence electrons. The summed E-state index contributed by atoms with van der Waals surface area (Å²) < 4.78 is 19.3. The second kappa shape index (κ2) is 5.73. The molecule has 1 aromatic heterocycles. The highest BCUT2D eigenvalue weighted by molar-refractivity contribution is 7.15. The summed E-state index contributed by atoms with van der Waals surface area (Å²) in [6.07, 6.45) is 1.63. The normalized spacial score (nSPS) is 10.4. The highest BCUT2D eigenvalue weighted by Gasteiger charge is 2.13. The number of hydrogen-bond donors (Lipinski definition) is 1. The van der Waals surface area contributed by atoms with Gasteiger partial charge in [0, 0.05) is 11.1 Å². The van der Waals surface area contributed by atoms with Crippen LogP contribution in [0.4, 0.5) is 10.1 Å². The maximum absolute atomic E-state index is 13.9. The lowest BCUT2D eigenvalue weighted by atomic mass is 10.2. The van der Waals surface area contributed by atoms with E-state index in [-0.39, 0.29) is 11.4 Å². The third kappa shape index (κ3) is 2.85. The molecule has 18 heavy (non-hydrogen) atoms. The van der Waals surface area contributed by atoms with Gasteiger partial charge in [-0.2, -0.15) is 0 Å². The van der Waals surface area contributed by atoms with E-state index in [1.807, 2.05) is 0 Å². The van der Waals surface area contributed by atoms with Gasteiger partial charge in [-0.05, 0) is 12.1 Å². The number of methoxy groups -OCH3 is 1. The SMILES string of the molecule is COc1ccc(Cl)c(NCc2cnc(Cl)s2)c1F. The average Bonchev–Trinajstić information content (AvgIpc) is 2.75. The zero-order valence-electron chi connectivity index (χ0n) is 9.34. The molecule has 0 aliphatic rings. The Morgan fingerprint density at radius 1 is 1.44 bits per heavy atom. The lowest BCUT2D eigenvalue weighted by Crippen LogP contribution is -2.02. The third-order valence-electron chi connectivity index (χ3n) is 2.24. The van der Waals surface area contributed by atoms with Gasteiger partial charge in [-0.15, -0.1) is 11.3 Å². The highest BCUT2D eigenvalue weighted by atomic mass is 35.5. The van der Waals surface area contributed by atoms with Crippen LogP contribution >= 0.6 is 34.5 Å². The summed E-state index contributed by atoms with van der Waals surface area (Å²) in [6, 6.07) is 3.05. The smallest absolute Gasteiger partial charge is 0.189 e. The van der Waals surface area contributed by atoms with Crippen LogP contribution in [0.3, 0.4) is 0 Å². The minimum atomic E-state index is -0.513. The van der Waals surface area contributed by atoms with Crippen molar-refractivity contribution in [3.63, 3.8) is 0 Å². The molecule has 0 aliphatic heterocycles. The minimum Gasteiger partial charge on any atom is -0.494 e. The predicted molar refractivity (Wildman–Crippen MR) is 72.4 cm³/mol. The number of anilines is 1. The zero-order valence-corrected chi connectivity index (χ0v) is 11.7. The number of thiazole rings is 1. The van der Waals surface area contributed by atoms with Crippen molar-refractivity contribution in [2.24, 2.45) is 0 Å². The Kier molecular flexibility index (Phi) is 4.27. The van der Waals surface area contributed by atoms with Crippen LogP contribution in [0.5, 0.6) is 5.75 Å². The molecule has 0 aliphatic carbocycles. The molecule has 0 amide bonds. The molecular formula is C11H9Cl2FN2OS. The molecule has 0 atom stereocenters. The van der Waals surface area contributed by atoms with Crippen molar-refractivity contribution >= 4 is 40.2 Å². The van der Waals surface area contributed by atoms with Crippen molar-refractivity contribution in [1.82, 2.24) is 4.98 Å². The largest absolute Gasteiger partial charge is 0.494 e. The van der Waals surface area contributed by atoms with Crippen LogP contribution in [-0.4, -0.2) is 12.1 Å². The Morgan fingerprint density at radius 2 is 2.22 bits per heavy atom. The molecule has 0 fully saturated rings. The number of halogens is 3. The van der Waals surface area contributed by atoms with E-state index in [0.29, 0.717) is 16.0 Å². The first kappa shape index (κ1) is 13.4. The Balaban J connectivity index is 2.18. The first-order chi connectivity index (χ1) is 8.61. The molecule has 7 heteroatoms. The molecule has 0 radical (unpaired) electrons. The van der Waals surface area contributed by atoms with E-state index in [0.717, 1.165) is 4.88 Å². The first-order valence-corrected chi connectivity index (χ1v) is 6.55. The molecule has 1 N–H and O–H groups in total. The van der Waals surface area contributed by atoms with E-state index in [4.69, 9.17) is 27.9 Å². The van der Waals surface area contributed by atoms with Gasteiger partial charge in [0.15, 0.2) is 16.0 Å². The van der Waals surface area contributed by atoms with Crippen LogP contribution in [0.25, 0.3) is 0 Å². The van der Waals surface area contributed by atoms with Crippen LogP contribution in [0.1, 0.15) is 4.88 Å². The Hall–Kier alpha value is -1.04. The van der Waals surface area contributed by atoms with Gasteiger partial charge >= 0.3 is 0 Å². The van der Waals surface area contributed by atoms with Gasteiger partial charge in [0.25, 0.3) is 0 Å². The van der Waals surface area contributed by atoms with Crippen LogP contribution in [-0.2, 0) is 6.54 Å². The van der Waals surface area contributed by atoms with Crippen molar-refractivity contribution in [2.45, 2.75) is 6.54 Å². The fourth-order valence-corrected chi connectivity index (χ4v) is 2.52. The molecule has 2 aromatic rings. The van der Waals surface area contributed by atoms with Crippen LogP contribution in [0, 0.1) is 5.82 Å². The second-order valence-corrected chi connectivity index (χ2v) is 5.48. The zero-order chi connectivity index (χ0) is 13.1. The van der Waals surface area contributed by atoms with Crippen molar-refractivity contribution in [3.05, 3.63) is 38.5 Å². The Labute approximate surface area is 118 Å². The summed E-state index contributed by atoms with van der Waals surface area (Å²) in [4.78, 5) is 4.79. The van der Waals surface area contributed by atoms with Gasteiger partial charge in [0.05, 0.1) is 24.4 Å². The third-order valence-corrected chi connectivity index (χ3v) is 3.67. The average molecular weight is 307 g/mol. The molecular weight excluding hydrogens is 298 g/mol. The second-order valence-electron chi connectivity index (χ2n) is 3.37. The highest BCUT2D eigenvalue weighted by Crippen LogP contribution is 2.32. The lowest BCUT2D eigenvalue weighted by Gasteiger charge is -2.11. The van der Waals surface area contributed by atoms with Gasteiger partial charge in [-0.3, -0.25) is 0 Å². The number of hydrogen-bond acceptors (Lipinski definition) is 4. The molecule has 0 saturated carbocycles. The van der Waals surface area contributed by atoms with E-state index in [9.17, 15) is 4.39 Å². The number of ether oxygens (including phenoxy) is 1. The van der Waals surface area contributed by atoms with Crippen LogP contribution in [0.15, 0.2) is 18.3 Å². The van der Waals surface area contributed by atoms with Crippen LogP contribution < -0.4 is 10.1 Å². The quantitative estimate of drug-likeness (QED) is 0.919. The van der Waals surface area contributed by atoms with Gasteiger partial charge in [-0.25, -0.2) is 9.37 Å². The number of nitrogens with one attached hydrogen (secondary N) is 1. The van der Waals surface area contributed by atoms with Crippen LogP contribution in [0.2, 0.25) is 9.49 Å². The van der Waals surface area contributed by atoms with Gasteiger partial charge in [-0.1, -0.05) is 23.2 Å². The number of aromatic nitrogens is 1. The molecule has 2 rings (SSSR count). The van der Waals surface area contributed by atoms with Crippen molar-refractivity contribution < 1.29 is 9.13 Å². The number of nitrogens with zero attached hydrogens (tertiary/aromatic N) is 1. The van der Waals surface area contributed by atoms with E-state index in [1.54, 1.807) is 12.3 Å². The standard InChI is InChI=1S/C11H9Cl2FN2OS/c1-17-8-3-2-7(12)10(9(8)14)15-4-6-5-16-11(13)18-6/h2-3,5,15H,4H2,1H3. The summed E-state index contributed by atoms with van der Waals surface area (Å²) in [5.74, 6) is -0.371. The summed E-state index contributed by atoms with van der Waals surface area (Å²) >= 11 is 13.0. The van der Waals surface area contributed by atoms with Gasteiger partial charge < -0.3 is 10.1 Å². The molecule has 3 nitrogen and oxygen atoms in total. The van der Waals surface area contributed by atoms with E-state index >= 15 is 0 Å². The Bertz CT molecular complexity index is 562. The summed E-state index contributed by atoms with van der Waals surface area (Å²) in [6.45, 7) is 0.397. The lowest BCUT2D eigenvalue weighted by molar-refractivity contribution is 0.387. The molecule has 0 unspecified atom stereocenters. The van der Waals surface area contributed by atoms with E-state index in [2.05, 4.69) is 10.3 Å². The number of rotatable bonds is 4. The Morgan fingerprint density at radius 3 is 2.83 bits per heavy atom. The summed E-state index contributed by atoms with van der Waals surface area (Å²) in [5.41, 5.74) is 0.209. The van der Waals surface area contributed by atoms with Crippen molar-refractivity contribution in [2.75, 3.05) is 12.4 Å². The molecule has 1 heterocycles.